The zero-order valence-corrected chi connectivity index (χ0v) is 16.0. The Labute approximate surface area is 153 Å². The third-order valence-electron chi connectivity index (χ3n) is 4.67. The van der Waals surface area contributed by atoms with Gasteiger partial charge in [0.25, 0.3) is 5.91 Å². The van der Waals surface area contributed by atoms with Crippen molar-refractivity contribution in [2.75, 3.05) is 26.2 Å². The lowest BCUT2D eigenvalue weighted by Gasteiger charge is -2.34. The minimum atomic E-state index is -3.54. The number of piperazine rings is 1. The Kier molecular flexibility index (Phi) is 5.15. The number of rotatable bonds is 4. The first kappa shape index (κ1) is 18.6. The molecule has 0 radical (unpaired) electrons. The molecule has 3 rings (SSSR count). The molecule has 1 saturated heterocycles. The van der Waals surface area contributed by atoms with Gasteiger partial charge in [0, 0.05) is 26.2 Å². The molecule has 2 aromatic rings. The van der Waals surface area contributed by atoms with Gasteiger partial charge in [-0.2, -0.15) is 4.31 Å². The van der Waals surface area contributed by atoms with Gasteiger partial charge in [-0.15, -0.1) is 0 Å². The Bertz CT molecular complexity index is 895. The molecule has 1 aliphatic rings. The number of carbonyl (C=O) groups is 1. The van der Waals surface area contributed by atoms with Crippen molar-refractivity contribution >= 4 is 15.9 Å². The summed E-state index contributed by atoms with van der Waals surface area (Å²) < 4.78 is 32.1. The maximum atomic E-state index is 12.8. The third-order valence-corrected chi connectivity index (χ3v) is 6.58. The summed E-state index contributed by atoms with van der Waals surface area (Å²) in [5.74, 6) is 0.356. The molecule has 1 aliphatic heterocycles. The van der Waals surface area contributed by atoms with Gasteiger partial charge in [0.15, 0.2) is 0 Å². The van der Waals surface area contributed by atoms with Crippen LogP contribution in [0.4, 0.5) is 0 Å². The molecular formula is C18H23N3O4S. The summed E-state index contributed by atoms with van der Waals surface area (Å²) in [6.07, 6.45) is 0.611. The summed E-state index contributed by atoms with van der Waals surface area (Å²) in [6.45, 7) is 6.78. The van der Waals surface area contributed by atoms with Crippen LogP contribution in [0, 0.1) is 13.8 Å². The Morgan fingerprint density at radius 3 is 2.31 bits per heavy atom. The minimum absolute atomic E-state index is 0.145. The second kappa shape index (κ2) is 7.20. The molecule has 7 nitrogen and oxygen atoms in total. The quantitative estimate of drug-likeness (QED) is 0.814. The van der Waals surface area contributed by atoms with Gasteiger partial charge in [-0.1, -0.05) is 29.8 Å². The lowest BCUT2D eigenvalue weighted by molar-refractivity contribution is 0.0695. The van der Waals surface area contributed by atoms with Crippen LogP contribution in [-0.2, 0) is 16.4 Å². The van der Waals surface area contributed by atoms with Crippen molar-refractivity contribution in [2.45, 2.75) is 32.1 Å². The third kappa shape index (κ3) is 3.39. The number of hydrogen-bond acceptors (Lipinski definition) is 5. The first-order valence-electron chi connectivity index (χ1n) is 8.66. The highest BCUT2D eigenvalue weighted by atomic mass is 32.2. The van der Waals surface area contributed by atoms with E-state index in [2.05, 4.69) is 5.16 Å². The molecule has 1 fully saturated rings. The Morgan fingerprint density at radius 2 is 1.73 bits per heavy atom. The Hall–Kier alpha value is -2.19. The van der Waals surface area contributed by atoms with Crippen LogP contribution in [0.1, 0.15) is 34.3 Å². The molecule has 0 saturated carbocycles. The van der Waals surface area contributed by atoms with Crippen LogP contribution in [0.25, 0.3) is 0 Å². The number of sulfonamides is 1. The van der Waals surface area contributed by atoms with E-state index in [9.17, 15) is 13.2 Å². The Morgan fingerprint density at radius 1 is 1.12 bits per heavy atom. The van der Waals surface area contributed by atoms with Crippen molar-refractivity contribution in [3.8, 4) is 0 Å². The van der Waals surface area contributed by atoms with E-state index in [0.29, 0.717) is 36.5 Å². The fourth-order valence-electron chi connectivity index (χ4n) is 3.08. The standard InChI is InChI=1S/C18H23N3O4S/c1-4-16-17(14(3)25-19-16)18(22)20-9-11-21(12-10-20)26(23,24)15-7-5-13(2)6-8-15/h5-8H,4,9-12H2,1-3H3. The number of amides is 1. The number of carbonyl (C=O) groups excluding carboxylic acids is 1. The average molecular weight is 377 g/mol. The van der Waals surface area contributed by atoms with Gasteiger partial charge in [0.1, 0.15) is 11.3 Å². The summed E-state index contributed by atoms with van der Waals surface area (Å²) in [5.41, 5.74) is 2.15. The lowest BCUT2D eigenvalue weighted by Crippen LogP contribution is -2.50. The van der Waals surface area contributed by atoms with Crippen LogP contribution in [-0.4, -0.2) is 54.9 Å². The van der Waals surface area contributed by atoms with Crippen molar-refractivity contribution in [1.82, 2.24) is 14.4 Å². The summed E-state index contributed by atoms with van der Waals surface area (Å²) in [4.78, 5) is 14.7. The van der Waals surface area contributed by atoms with Crippen molar-refractivity contribution in [1.29, 1.82) is 0 Å². The smallest absolute Gasteiger partial charge is 0.259 e. The molecule has 0 unspecified atom stereocenters. The molecular weight excluding hydrogens is 354 g/mol. The van der Waals surface area contributed by atoms with E-state index in [-0.39, 0.29) is 23.9 Å². The zero-order valence-electron chi connectivity index (χ0n) is 15.2. The van der Waals surface area contributed by atoms with E-state index in [1.165, 1.54) is 4.31 Å². The molecule has 0 N–H and O–H groups in total. The van der Waals surface area contributed by atoms with Gasteiger partial charge in [-0.05, 0) is 32.4 Å². The predicted octanol–water partition coefficient (Wildman–Crippen LogP) is 2.00. The van der Waals surface area contributed by atoms with Crippen LogP contribution in [0.15, 0.2) is 33.7 Å². The molecule has 140 valence electrons. The summed E-state index contributed by atoms with van der Waals surface area (Å²) >= 11 is 0. The van der Waals surface area contributed by atoms with Crippen LogP contribution in [0.3, 0.4) is 0 Å². The van der Waals surface area contributed by atoms with E-state index in [1.807, 2.05) is 13.8 Å². The molecule has 8 heteroatoms. The minimum Gasteiger partial charge on any atom is -0.361 e. The predicted molar refractivity (Wildman–Crippen MR) is 96.5 cm³/mol. The van der Waals surface area contributed by atoms with E-state index in [0.717, 1.165) is 5.56 Å². The van der Waals surface area contributed by atoms with Gasteiger partial charge >= 0.3 is 0 Å². The molecule has 26 heavy (non-hydrogen) atoms. The molecule has 1 aromatic heterocycles. The first-order valence-corrected chi connectivity index (χ1v) is 10.1. The van der Waals surface area contributed by atoms with Gasteiger partial charge in [0.2, 0.25) is 10.0 Å². The maximum Gasteiger partial charge on any atom is 0.259 e. The maximum absolute atomic E-state index is 12.8. The van der Waals surface area contributed by atoms with E-state index < -0.39 is 10.0 Å². The van der Waals surface area contributed by atoms with E-state index in [4.69, 9.17) is 4.52 Å². The number of aryl methyl sites for hydroxylation is 3. The first-order chi connectivity index (χ1) is 12.3. The fraction of sp³-hybridized carbons (Fsp3) is 0.444. The van der Waals surface area contributed by atoms with Crippen molar-refractivity contribution in [3.63, 3.8) is 0 Å². The number of nitrogens with zero attached hydrogens (tertiary/aromatic N) is 3. The van der Waals surface area contributed by atoms with Crippen molar-refractivity contribution in [3.05, 3.63) is 46.8 Å². The Balaban J connectivity index is 1.72. The van der Waals surface area contributed by atoms with E-state index in [1.54, 1.807) is 36.1 Å². The van der Waals surface area contributed by atoms with Gasteiger partial charge in [0.05, 0.1) is 10.6 Å². The second-order valence-corrected chi connectivity index (χ2v) is 8.36. The fourth-order valence-corrected chi connectivity index (χ4v) is 4.50. The molecule has 0 bridgehead atoms. The molecule has 2 heterocycles. The van der Waals surface area contributed by atoms with Crippen LogP contribution in [0.5, 0.6) is 0 Å². The highest BCUT2D eigenvalue weighted by Crippen LogP contribution is 2.21. The highest BCUT2D eigenvalue weighted by Gasteiger charge is 2.32. The number of hydrogen-bond donors (Lipinski definition) is 0. The molecule has 0 spiro atoms. The topological polar surface area (TPSA) is 83.7 Å². The van der Waals surface area contributed by atoms with E-state index >= 15 is 0 Å². The number of benzene rings is 1. The summed E-state index contributed by atoms with van der Waals surface area (Å²) in [5, 5.41) is 3.92. The second-order valence-electron chi connectivity index (χ2n) is 6.42. The zero-order chi connectivity index (χ0) is 18.9. The molecule has 0 atom stereocenters. The molecule has 1 amide bonds. The monoisotopic (exact) mass is 377 g/mol. The molecule has 0 aliphatic carbocycles. The average Bonchev–Trinajstić information content (AvgIpc) is 3.02. The normalized spacial score (nSPS) is 16.0. The van der Waals surface area contributed by atoms with Crippen molar-refractivity contribution < 1.29 is 17.7 Å². The largest absolute Gasteiger partial charge is 0.361 e. The van der Waals surface area contributed by atoms with Gasteiger partial charge in [-0.3, -0.25) is 4.79 Å². The summed E-state index contributed by atoms with van der Waals surface area (Å²) in [7, 11) is -3.54. The van der Waals surface area contributed by atoms with Crippen LogP contribution in [0.2, 0.25) is 0 Å². The molecule has 1 aromatic carbocycles. The van der Waals surface area contributed by atoms with Crippen molar-refractivity contribution in [2.24, 2.45) is 0 Å². The van der Waals surface area contributed by atoms with Crippen LogP contribution < -0.4 is 0 Å². The number of aromatic nitrogens is 1. The highest BCUT2D eigenvalue weighted by molar-refractivity contribution is 7.89. The van der Waals surface area contributed by atoms with Gasteiger partial charge < -0.3 is 9.42 Å². The SMILES string of the molecule is CCc1noc(C)c1C(=O)N1CCN(S(=O)(=O)c2ccc(C)cc2)CC1. The summed E-state index contributed by atoms with van der Waals surface area (Å²) in [6, 6.07) is 6.81. The van der Waals surface area contributed by atoms with Gasteiger partial charge in [-0.25, -0.2) is 8.42 Å². The lowest BCUT2D eigenvalue weighted by atomic mass is 10.1. The van der Waals surface area contributed by atoms with Crippen LogP contribution >= 0.6 is 0 Å².